The summed E-state index contributed by atoms with van der Waals surface area (Å²) >= 11 is 0. The predicted octanol–water partition coefficient (Wildman–Crippen LogP) is 1.97. The van der Waals surface area contributed by atoms with Crippen LogP contribution in [-0.2, 0) is 0 Å². The van der Waals surface area contributed by atoms with E-state index in [0.29, 0.717) is 22.9 Å². The van der Waals surface area contributed by atoms with Crippen LogP contribution in [0.3, 0.4) is 0 Å². The Hall–Kier alpha value is -3.22. The molecule has 3 heterocycles. The number of pyridine rings is 1. The number of rotatable bonds is 3. The van der Waals surface area contributed by atoms with Crippen molar-refractivity contribution in [2.75, 3.05) is 11.1 Å². The summed E-state index contributed by atoms with van der Waals surface area (Å²) in [4.78, 5) is 15.8. The molecule has 104 valence electrons. The van der Waals surface area contributed by atoms with Gasteiger partial charge in [-0.3, -0.25) is 4.79 Å². The molecule has 7 nitrogen and oxygen atoms in total. The number of hydrogen-bond acceptors (Lipinski definition) is 6. The van der Waals surface area contributed by atoms with Gasteiger partial charge in [0.1, 0.15) is 12.1 Å². The number of anilines is 2. The van der Waals surface area contributed by atoms with Gasteiger partial charge in [0.05, 0.1) is 17.5 Å². The fraction of sp³-hybridized carbons (Fsp3) is 0. The Morgan fingerprint density at radius 1 is 1.14 bits per heavy atom. The van der Waals surface area contributed by atoms with E-state index in [-0.39, 0.29) is 5.91 Å². The molecule has 7 heteroatoms. The fourth-order valence-corrected chi connectivity index (χ4v) is 1.69. The zero-order valence-electron chi connectivity index (χ0n) is 10.9. The van der Waals surface area contributed by atoms with Crippen molar-refractivity contribution < 1.29 is 9.21 Å². The van der Waals surface area contributed by atoms with Gasteiger partial charge in [-0.15, -0.1) is 10.2 Å². The van der Waals surface area contributed by atoms with Crippen LogP contribution in [0, 0.1) is 0 Å². The summed E-state index contributed by atoms with van der Waals surface area (Å²) in [5, 5.41) is 10.6. The third-order valence-electron chi connectivity index (χ3n) is 2.77. The molecule has 0 fully saturated rings. The molecule has 0 atom stereocenters. The van der Waals surface area contributed by atoms with Gasteiger partial charge in [0, 0.05) is 11.8 Å². The number of carbonyl (C=O) groups excluding carboxylic acids is 1. The van der Waals surface area contributed by atoms with Gasteiger partial charge in [-0.05, 0) is 30.3 Å². The van der Waals surface area contributed by atoms with Gasteiger partial charge in [0.25, 0.3) is 5.91 Å². The van der Waals surface area contributed by atoms with Crippen LogP contribution in [0.5, 0.6) is 0 Å². The number of nitrogens with one attached hydrogen (secondary N) is 1. The second-order valence-corrected chi connectivity index (χ2v) is 4.24. The van der Waals surface area contributed by atoms with Gasteiger partial charge in [0.2, 0.25) is 0 Å². The number of carbonyl (C=O) groups is 1. The van der Waals surface area contributed by atoms with E-state index in [1.165, 1.54) is 12.5 Å². The van der Waals surface area contributed by atoms with Crippen LogP contribution in [0.1, 0.15) is 10.4 Å². The highest BCUT2D eigenvalue weighted by atomic mass is 16.3. The van der Waals surface area contributed by atoms with Gasteiger partial charge in [0.15, 0.2) is 5.82 Å². The molecule has 1 amide bonds. The SMILES string of the molecule is Nc1ccc(-c2ccc(NC(=O)c3ccoc3)nn2)cn1. The van der Waals surface area contributed by atoms with Crippen LogP contribution in [-0.4, -0.2) is 21.1 Å². The van der Waals surface area contributed by atoms with Crippen LogP contribution in [0.25, 0.3) is 11.3 Å². The van der Waals surface area contributed by atoms with E-state index in [1.54, 1.807) is 36.5 Å². The van der Waals surface area contributed by atoms with Crippen LogP contribution < -0.4 is 11.1 Å². The van der Waals surface area contributed by atoms with Crippen molar-refractivity contribution in [1.82, 2.24) is 15.2 Å². The maximum Gasteiger partial charge on any atom is 0.260 e. The van der Waals surface area contributed by atoms with E-state index in [2.05, 4.69) is 20.5 Å². The Balaban J connectivity index is 1.75. The number of nitrogen functional groups attached to an aromatic ring is 1. The lowest BCUT2D eigenvalue weighted by Gasteiger charge is -2.03. The average molecular weight is 281 g/mol. The molecule has 0 aliphatic heterocycles. The lowest BCUT2D eigenvalue weighted by molar-refractivity contribution is 0.102. The van der Waals surface area contributed by atoms with Gasteiger partial charge < -0.3 is 15.5 Å². The second-order valence-electron chi connectivity index (χ2n) is 4.24. The molecule has 3 rings (SSSR count). The number of hydrogen-bond donors (Lipinski definition) is 2. The maximum absolute atomic E-state index is 11.8. The minimum atomic E-state index is -0.306. The molecule has 0 aromatic carbocycles. The molecule has 0 unspecified atom stereocenters. The molecular weight excluding hydrogens is 270 g/mol. The van der Waals surface area contributed by atoms with Crippen molar-refractivity contribution in [1.29, 1.82) is 0 Å². The molecule has 3 aromatic heterocycles. The van der Waals surface area contributed by atoms with Gasteiger partial charge >= 0.3 is 0 Å². The van der Waals surface area contributed by atoms with E-state index in [4.69, 9.17) is 10.2 Å². The number of amides is 1. The van der Waals surface area contributed by atoms with E-state index in [0.717, 1.165) is 5.56 Å². The molecule has 0 aliphatic rings. The Morgan fingerprint density at radius 3 is 2.67 bits per heavy atom. The van der Waals surface area contributed by atoms with Crippen LogP contribution in [0.15, 0.2) is 53.5 Å². The molecule has 0 spiro atoms. The molecule has 3 aromatic rings. The highest BCUT2D eigenvalue weighted by Gasteiger charge is 2.08. The Kier molecular flexibility index (Phi) is 3.30. The molecule has 0 saturated carbocycles. The first kappa shape index (κ1) is 12.8. The minimum absolute atomic E-state index is 0.306. The second kappa shape index (κ2) is 5.41. The summed E-state index contributed by atoms with van der Waals surface area (Å²) in [6.45, 7) is 0. The zero-order chi connectivity index (χ0) is 14.7. The summed E-state index contributed by atoms with van der Waals surface area (Å²) < 4.78 is 4.85. The molecule has 0 saturated heterocycles. The topological polar surface area (TPSA) is 107 Å². The monoisotopic (exact) mass is 281 g/mol. The van der Waals surface area contributed by atoms with E-state index in [1.807, 2.05) is 0 Å². The third-order valence-corrected chi connectivity index (χ3v) is 2.77. The first-order chi connectivity index (χ1) is 10.2. The Labute approximate surface area is 119 Å². The van der Waals surface area contributed by atoms with Crippen molar-refractivity contribution in [3.05, 3.63) is 54.6 Å². The van der Waals surface area contributed by atoms with Crippen LogP contribution in [0.2, 0.25) is 0 Å². The lowest BCUT2D eigenvalue weighted by atomic mass is 10.2. The van der Waals surface area contributed by atoms with Gasteiger partial charge in [-0.25, -0.2) is 4.98 Å². The first-order valence-corrected chi connectivity index (χ1v) is 6.11. The van der Waals surface area contributed by atoms with Crippen molar-refractivity contribution in [3.63, 3.8) is 0 Å². The van der Waals surface area contributed by atoms with Crippen molar-refractivity contribution in [3.8, 4) is 11.3 Å². The summed E-state index contributed by atoms with van der Waals surface area (Å²) in [6.07, 6.45) is 4.40. The molecule has 21 heavy (non-hydrogen) atoms. The Bertz CT molecular complexity index is 736. The van der Waals surface area contributed by atoms with Gasteiger partial charge in [-0.1, -0.05) is 0 Å². The summed E-state index contributed by atoms with van der Waals surface area (Å²) in [6, 6.07) is 8.46. The van der Waals surface area contributed by atoms with E-state index in [9.17, 15) is 4.79 Å². The van der Waals surface area contributed by atoms with Crippen molar-refractivity contribution >= 4 is 17.5 Å². The number of nitrogens with zero attached hydrogens (tertiary/aromatic N) is 3. The lowest BCUT2D eigenvalue weighted by Crippen LogP contribution is -2.12. The highest BCUT2D eigenvalue weighted by Crippen LogP contribution is 2.17. The quantitative estimate of drug-likeness (QED) is 0.760. The molecule has 3 N–H and O–H groups in total. The average Bonchev–Trinajstić information content (AvgIpc) is 3.03. The molecule has 0 aliphatic carbocycles. The molecule has 0 bridgehead atoms. The number of nitrogens with two attached hydrogens (primary N) is 1. The normalized spacial score (nSPS) is 10.3. The fourth-order valence-electron chi connectivity index (χ4n) is 1.69. The number of aromatic nitrogens is 3. The molecular formula is C14H11N5O2. The third kappa shape index (κ3) is 2.86. The first-order valence-electron chi connectivity index (χ1n) is 6.11. The smallest absolute Gasteiger partial charge is 0.260 e. The van der Waals surface area contributed by atoms with Crippen LogP contribution >= 0.6 is 0 Å². The van der Waals surface area contributed by atoms with Crippen molar-refractivity contribution in [2.24, 2.45) is 0 Å². The predicted molar refractivity (Wildman–Crippen MR) is 76.3 cm³/mol. The highest BCUT2D eigenvalue weighted by molar-refractivity contribution is 6.03. The summed E-state index contributed by atoms with van der Waals surface area (Å²) in [5.41, 5.74) is 7.39. The Morgan fingerprint density at radius 2 is 2.05 bits per heavy atom. The van der Waals surface area contributed by atoms with E-state index >= 15 is 0 Å². The van der Waals surface area contributed by atoms with Gasteiger partial charge in [-0.2, -0.15) is 0 Å². The largest absolute Gasteiger partial charge is 0.472 e. The van der Waals surface area contributed by atoms with Crippen LogP contribution in [0.4, 0.5) is 11.6 Å². The number of furan rings is 1. The van der Waals surface area contributed by atoms with E-state index < -0.39 is 0 Å². The molecule has 0 radical (unpaired) electrons. The summed E-state index contributed by atoms with van der Waals surface area (Å²) in [5.74, 6) is 0.490. The maximum atomic E-state index is 11.8. The minimum Gasteiger partial charge on any atom is -0.472 e. The summed E-state index contributed by atoms with van der Waals surface area (Å²) in [7, 11) is 0. The van der Waals surface area contributed by atoms with Crippen molar-refractivity contribution in [2.45, 2.75) is 0 Å². The standard InChI is InChI=1S/C14H11N5O2/c15-12-3-1-9(7-16-12)11-2-4-13(19-18-11)17-14(20)10-5-6-21-8-10/h1-8H,(H2,15,16)(H,17,19,20). The zero-order valence-corrected chi connectivity index (χ0v) is 10.9.